The summed E-state index contributed by atoms with van der Waals surface area (Å²) in [6, 6.07) is 1.85. The topological polar surface area (TPSA) is 116 Å². The molecule has 2 amide bonds. The van der Waals surface area contributed by atoms with E-state index in [4.69, 9.17) is 10.5 Å². The molecular weight excluding hydrogens is 285 g/mol. The van der Waals surface area contributed by atoms with Gasteiger partial charge < -0.3 is 15.4 Å². The Kier molecular flexibility index (Phi) is 4.13. The van der Waals surface area contributed by atoms with Crippen LogP contribution in [0, 0.1) is 15.9 Å². The van der Waals surface area contributed by atoms with E-state index in [9.17, 15) is 24.1 Å². The molecule has 1 fully saturated rings. The molecule has 2 rings (SSSR count). The highest BCUT2D eigenvalue weighted by Crippen LogP contribution is 2.21. The average Bonchev–Trinajstić information content (AvgIpc) is 2.46. The highest BCUT2D eigenvalue weighted by Gasteiger charge is 2.32. The minimum Gasteiger partial charge on any atom is -0.377 e. The summed E-state index contributed by atoms with van der Waals surface area (Å²) in [4.78, 5) is 34.6. The minimum atomic E-state index is -1.04. The Morgan fingerprint density at radius 2 is 2.19 bits per heavy atom. The zero-order chi connectivity index (χ0) is 15.6. The number of nitro groups is 1. The van der Waals surface area contributed by atoms with E-state index in [1.807, 2.05) is 0 Å². The van der Waals surface area contributed by atoms with E-state index in [2.05, 4.69) is 0 Å². The van der Waals surface area contributed by atoms with Crippen LogP contribution in [0.2, 0.25) is 0 Å². The summed E-state index contributed by atoms with van der Waals surface area (Å²) in [6.07, 6.45) is 0. The van der Waals surface area contributed by atoms with Crippen LogP contribution in [0.15, 0.2) is 18.2 Å². The molecular formula is C12H12FN3O5. The van der Waals surface area contributed by atoms with Crippen LogP contribution in [0.5, 0.6) is 0 Å². The van der Waals surface area contributed by atoms with Crippen LogP contribution in [0.25, 0.3) is 0 Å². The molecule has 9 heteroatoms. The molecule has 1 aliphatic rings. The van der Waals surface area contributed by atoms with E-state index >= 15 is 0 Å². The summed E-state index contributed by atoms with van der Waals surface area (Å²) < 4.78 is 18.3. The van der Waals surface area contributed by atoms with Gasteiger partial charge in [0.15, 0.2) is 0 Å². The third-order valence-corrected chi connectivity index (χ3v) is 3.11. The number of benzene rings is 1. The normalized spacial score (nSPS) is 18.3. The molecule has 112 valence electrons. The number of nitrogens with two attached hydrogens (primary N) is 1. The molecule has 1 heterocycles. The second-order valence-electron chi connectivity index (χ2n) is 4.41. The van der Waals surface area contributed by atoms with Gasteiger partial charge in [0.05, 0.1) is 18.1 Å². The average molecular weight is 297 g/mol. The van der Waals surface area contributed by atoms with Crippen molar-refractivity contribution in [2.45, 2.75) is 6.04 Å². The summed E-state index contributed by atoms with van der Waals surface area (Å²) in [5.41, 5.74) is 4.31. The van der Waals surface area contributed by atoms with Crippen molar-refractivity contribution in [3.63, 3.8) is 0 Å². The molecule has 21 heavy (non-hydrogen) atoms. The molecule has 0 radical (unpaired) electrons. The number of halogens is 1. The lowest BCUT2D eigenvalue weighted by molar-refractivity contribution is -0.387. The van der Waals surface area contributed by atoms with Crippen LogP contribution in [0.1, 0.15) is 10.4 Å². The molecule has 0 saturated carbocycles. The van der Waals surface area contributed by atoms with Crippen molar-refractivity contribution in [3.8, 4) is 0 Å². The molecule has 0 spiro atoms. The lowest BCUT2D eigenvalue weighted by Crippen LogP contribution is -2.54. The number of ether oxygens (including phenoxy) is 1. The number of amides is 2. The standard InChI is InChI=1S/C12H12FN3O5/c13-8-2-1-7(5-9(8)16(19)20)12(18)15-3-4-21-6-10(15)11(14)17/h1-2,5,10H,3-4,6H2,(H2,14,17). The highest BCUT2D eigenvalue weighted by atomic mass is 19.1. The fraction of sp³-hybridized carbons (Fsp3) is 0.333. The van der Waals surface area contributed by atoms with Crippen LogP contribution >= 0.6 is 0 Å². The van der Waals surface area contributed by atoms with Crippen molar-refractivity contribution in [2.24, 2.45) is 5.73 Å². The molecule has 1 aliphatic heterocycles. The summed E-state index contributed by atoms with van der Waals surface area (Å²) in [7, 11) is 0. The summed E-state index contributed by atoms with van der Waals surface area (Å²) in [5.74, 6) is -2.41. The molecule has 1 unspecified atom stereocenters. The second kappa shape index (κ2) is 5.83. The first-order chi connectivity index (χ1) is 9.91. The second-order valence-corrected chi connectivity index (χ2v) is 4.41. The molecule has 1 aromatic rings. The van der Waals surface area contributed by atoms with Crippen molar-refractivity contribution in [1.82, 2.24) is 4.90 Å². The van der Waals surface area contributed by atoms with E-state index < -0.39 is 34.3 Å². The fourth-order valence-electron chi connectivity index (χ4n) is 2.03. The Morgan fingerprint density at radius 1 is 1.48 bits per heavy atom. The zero-order valence-electron chi connectivity index (χ0n) is 10.8. The number of hydrogen-bond donors (Lipinski definition) is 1. The van der Waals surface area contributed by atoms with Gasteiger partial charge >= 0.3 is 5.69 Å². The molecule has 0 aromatic heterocycles. The number of hydrogen-bond acceptors (Lipinski definition) is 5. The Morgan fingerprint density at radius 3 is 2.81 bits per heavy atom. The monoisotopic (exact) mass is 297 g/mol. The fourth-order valence-corrected chi connectivity index (χ4v) is 2.03. The summed E-state index contributed by atoms with van der Waals surface area (Å²) in [5, 5.41) is 10.7. The first-order valence-corrected chi connectivity index (χ1v) is 6.04. The van der Waals surface area contributed by atoms with Crippen LogP contribution in [-0.2, 0) is 9.53 Å². The molecule has 0 bridgehead atoms. The van der Waals surface area contributed by atoms with Crippen LogP contribution < -0.4 is 5.73 Å². The number of nitro benzene ring substituents is 1. The van der Waals surface area contributed by atoms with E-state index in [-0.39, 0.29) is 25.3 Å². The number of morpholine rings is 1. The van der Waals surface area contributed by atoms with Crippen LogP contribution in [-0.4, -0.2) is 47.4 Å². The predicted molar refractivity (Wildman–Crippen MR) is 67.9 cm³/mol. The van der Waals surface area contributed by atoms with Gasteiger partial charge in [0.1, 0.15) is 6.04 Å². The summed E-state index contributed by atoms with van der Waals surface area (Å²) >= 11 is 0. The van der Waals surface area contributed by atoms with E-state index in [0.717, 1.165) is 18.2 Å². The quantitative estimate of drug-likeness (QED) is 0.625. The number of carbonyl (C=O) groups is 2. The Balaban J connectivity index is 2.32. The van der Waals surface area contributed by atoms with Crippen LogP contribution in [0.3, 0.4) is 0 Å². The maximum absolute atomic E-state index is 13.3. The molecule has 1 aromatic carbocycles. The smallest absolute Gasteiger partial charge is 0.305 e. The van der Waals surface area contributed by atoms with Crippen molar-refractivity contribution in [1.29, 1.82) is 0 Å². The van der Waals surface area contributed by atoms with Gasteiger partial charge in [0, 0.05) is 18.2 Å². The highest BCUT2D eigenvalue weighted by molar-refractivity contribution is 5.98. The third kappa shape index (κ3) is 2.97. The summed E-state index contributed by atoms with van der Waals surface area (Å²) in [6.45, 7) is 0.306. The van der Waals surface area contributed by atoms with Crippen molar-refractivity contribution in [2.75, 3.05) is 19.8 Å². The van der Waals surface area contributed by atoms with Gasteiger partial charge in [-0.3, -0.25) is 19.7 Å². The van der Waals surface area contributed by atoms with Crippen molar-refractivity contribution >= 4 is 17.5 Å². The third-order valence-electron chi connectivity index (χ3n) is 3.11. The first kappa shape index (κ1) is 14.9. The zero-order valence-corrected chi connectivity index (χ0v) is 10.8. The SMILES string of the molecule is NC(=O)C1COCCN1C(=O)c1ccc(F)c([N+](=O)[O-])c1. The number of nitrogens with zero attached hydrogens (tertiary/aromatic N) is 2. The molecule has 8 nitrogen and oxygen atoms in total. The lowest BCUT2D eigenvalue weighted by atomic mass is 10.1. The van der Waals surface area contributed by atoms with Gasteiger partial charge in [0.2, 0.25) is 11.7 Å². The number of primary amides is 1. The largest absolute Gasteiger partial charge is 0.377 e. The Bertz CT molecular complexity index is 607. The van der Waals surface area contributed by atoms with Crippen LogP contribution in [0.4, 0.5) is 10.1 Å². The van der Waals surface area contributed by atoms with Gasteiger partial charge in [-0.1, -0.05) is 0 Å². The maximum Gasteiger partial charge on any atom is 0.305 e. The minimum absolute atomic E-state index is 0.0373. The lowest BCUT2D eigenvalue weighted by Gasteiger charge is -2.33. The number of carbonyl (C=O) groups excluding carboxylic acids is 2. The van der Waals surface area contributed by atoms with Gasteiger partial charge in [-0.25, -0.2) is 0 Å². The Labute approximate surface area is 118 Å². The first-order valence-electron chi connectivity index (χ1n) is 6.04. The van der Waals surface area contributed by atoms with Gasteiger partial charge in [0.25, 0.3) is 5.91 Å². The van der Waals surface area contributed by atoms with E-state index in [0.29, 0.717) is 0 Å². The molecule has 0 aliphatic carbocycles. The maximum atomic E-state index is 13.3. The molecule has 1 saturated heterocycles. The van der Waals surface area contributed by atoms with Crippen molar-refractivity contribution in [3.05, 3.63) is 39.7 Å². The van der Waals surface area contributed by atoms with E-state index in [1.54, 1.807) is 0 Å². The predicted octanol–water partition coefficient (Wildman–Crippen LogP) is 0.0602. The van der Waals surface area contributed by atoms with Gasteiger partial charge in [-0.15, -0.1) is 0 Å². The number of rotatable bonds is 3. The van der Waals surface area contributed by atoms with Gasteiger partial charge in [-0.2, -0.15) is 4.39 Å². The van der Waals surface area contributed by atoms with Crippen molar-refractivity contribution < 1.29 is 23.6 Å². The molecule has 1 atom stereocenters. The van der Waals surface area contributed by atoms with Gasteiger partial charge in [-0.05, 0) is 12.1 Å². The molecule has 2 N–H and O–H groups in total. The Hall–Kier alpha value is -2.55. The van der Waals surface area contributed by atoms with E-state index in [1.165, 1.54) is 4.90 Å².